The van der Waals surface area contributed by atoms with Gasteiger partial charge in [-0.05, 0) is 25.3 Å². The standard InChI is InChI=1S/C16H23NO4/c1-13(12-16(19)20)17-15(18)8-5-10-21-11-9-14-6-3-2-4-7-14/h2-4,6-7,13H,5,8-12H2,1H3,(H,17,18)(H,19,20). The van der Waals surface area contributed by atoms with Crippen LogP contribution in [0.15, 0.2) is 30.3 Å². The molecular formula is C16H23NO4. The van der Waals surface area contributed by atoms with E-state index in [4.69, 9.17) is 9.84 Å². The van der Waals surface area contributed by atoms with Gasteiger partial charge in [0.25, 0.3) is 0 Å². The molecule has 1 rings (SSSR count). The van der Waals surface area contributed by atoms with Crippen molar-refractivity contribution < 1.29 is 19.4 Å². The van der Waals surface area contributed by atoms with Crippen LogP contribution in [0.5, 0.6) is 0 Å². The molecule has 0 heterocycles. The van der Waals surface area contributed by atoms with E-state index in [0.29, 0.717) is 26.1 Å². The van der Waals surface area contributed by atoms with Crippen LogP contribution in [0.2, 0.25) is 0 Å². The van der Waals surface area contributed by atoms with Gasteiger partial charge in [0.1, 0.15) is 0 Å². The van der Waals surface area contributed by atoms with Crippen LogP contribution in [0.25, 0.3) is 0 Å². The van der Waals surface area contributed by atoms with Crippen molar-refractivity contribution in [1.82, 2.24) is 5.32 Å². The highest BCUT2D eigenvalue weighted by molar-refractivity contribution is 5.77. The molecule has 0 aliphatic carbocycles. The van der Waals surface area contributed by atoms with Crippen LogP contribution in [-0.4, -0.2) is 36.2 Å². The van der Waals surface area contributed by atoms with E-state index in [2.05, 4.69) is 17.4 Å². The van der Waals surface area contributed by atoms with E-state index in [9.17, 15) is 9.59 Å². The second-order valence-corrected chi connectivity index (χ2v) is 5.02. The van der Waals surface area contributed by atoms with Crippen molar-refractivity contribution in [2.75, 3.05) is 13.2 Å². The number of aliphatic carboxylic acids is 1. The third kappa shape index (κ3) is 8.81. The number of ether oxygens (including phenoxy) is 1. The largest absolute Gasteiger partial charge is 0.481 e. The molecule has 0 saturated heterocycles. The topological polar surface area (TPSA) is 75.6 Å². The average Bonchev–Trinajstić information content (AvgIpc) is 2.42. The van der Waals surface area contributed by atoms with Gasteiger partial charge in [-0.2, -0.15) is 0 Å². The van der Waals surface area contributed by atoms with Gasteiger partial charge in [0.05, 0.1) is 13.0 Å². The van der Waals surface area contributed by atoms with Crippen LogP contribution in [0, 0.1) is 0 Å². The first-order valence-corrected chi connectivity index (χ1v) is 7.20. The Morgan fingerprint density at radius 1 is 1.24 bits per heavy atom. The van der Waals surface area contributed by atoms with Crippen LogP contribution in [0.3, 0.4) is 0 Å². The normalized spacial score (nSPS) is 11.9. The van der Waals surface area contributed by atoms with Crippen molar-refractivity contribution in [1.29, 1.82) is 0 Å². The summed E-state index contributed by atoms with van der Waals surface area (Å²) in [6, 6.07) is 9.75. The number of nitrogens with one attached hydrogen (secondary N) is 1. The molecule has 0 spiro atoms. The summed E-state index contributed by atoms with van der Waals surface area (Å²) >= 11 is 0. The van der Waals surface area contributed by atoms with E-state index in [1.165, 1.54) is 5.56 Å². The van der Waals surface area contributed by atoms with Gasteiger partial charge in [0.15, 0.2) is 0 Å². The van der Waals surface area contributed by atoms with Gasteiger partial charge >= 0.3 is 5.97 Å². The van der Waals surface area contributed by atoms with E-state index in [0.717, 1.165) is 6.42 Å². The van der Waals surface area contributed by atoms with Crippen LogP contribution < -0.4 is 5.32 Å². The maximum atomic E-state index is 11.5. The molecule has 0 saturated carbocycles. The summed E-state index contributed by atoms with van der Waals surface area (Å²) in [5.41, 5.74) is 1.23. The summed E-state index contributed by atoms with van der Waals surface area (Å²) in [7, 11) is 0. The van der Waals surface area contributed by atoms with Crippen molar-refractivity contribution in [3.8, 4) is 0 Å². The van der Waals surface area contributed by atoms with Crippen molar-refractivity contribution in [2.24, 2.45) is 0 Å². The lowest BCUT2D eigenvalue weighted by molar-refractivity contribution is -0.137. The zero-order chi connectivity index (χ0) is 15.5. The molecule has 0 aliphatic heterocycles. The molecule has 1 atom stereocenters. The molecular weight excluding hydrogens is 270 g/mol. The van der Waals surface area contributed by atoms with Gasteiger partial charge in [-0.3, -0.25) is 9.59 Å². The number of carboxylic acids is 1. The zero-order valence-corrected chi connectivity index (χ0v) is 12.4. The Balaban J connectivity index is 2.01. The maximum Gasteiger partial charge on any atom is 0.305 e. The fourth-order valence-corrected chi connectivity index (χ4v) is 1.93. The molecule has 5 heteroatoms. The smallest absolute Gasteiger partial charge is 0.305 e. The van der Waals surface area contributed by atoms with Gasteiger partial charge in [0, 0.05) is 19.1 Å². The SMILES string of the molecule is CC(CC(=O)O)NC(=O)CCCOCCc1ccccc1. The lowest BCUT2D eigenvalue weighted by Crippen LogP contribution is -2.34. The average molecular weight is 293 g/mol. The molecule has 0 fully saturated rings. The zero-order valence-electron chi connectivity index (χ0n) is 12.4. The van der Waals surface area contributed by atoms with Gasteiger partial charge in [0.2, 0.25) is 5.91 Å². The summed E-state index contributed by atoms with van der Waals surface area (Å²) < 4.78 is 5.48. The van der Waals surface area contributed by atoms with Gasteiger partial charge < -0.3 is 15.2 Å². The number of hydrogen-bond donors (Lipinski definition) is 2. The second kappa shape index (κ2) is 9.94. The lowest BCUT2D eigenvalue weighted by atomic mass is 10.2. The monoisotopic (exact) mass is 293 g/mol. The minimum Gasteiger partial charge on any atom is -0.481 e. The highest BCUT2D eigenvalue weighted by Crippen LogP contribution is 2.00. The number of hydrogen-bond acceptors (Lipinski definition) is 3. The van der Waals surface area contributed by atoms with Gasteiger partial charge in [-0.25, -0.2) is 0 Å². The molecule has 5 nitrogen and oxygen atoms in total. The Bertz CT molecular complexity index is 433. The first-order chi connectivity index (χ1) is 10.1. The van der Waals surface area contributed by atoms with Crippen molar-refractivity contribution >= 4 is 11.9 Å². The molecule has 1 unspecified atom stereocenters. The number of carboxylic acid groups (broad SMARTS) is 1. The Kier molecular flexibility index (Phi) is 8.12. The first kappa shape index (κ1) is 17.2. The highest BCUT2D eigenvalue weighted by Gasteiger charge is 2.10. The van der Waals surface area contributed by atoms with Gasteiger partial charge in [-0.15, -0.1) is 0 Å². The quantitative estimate of drug-likeness (QED) is 0.647. The molecule has 1 aromatic rings. The summed E-state index contributed by atoms with van der Waals surface area (Å²) in [5.74, 6) is -1.04. The minimum atomic E-state index is -0.910. The van der Waals surface area contributed by atoms with Crippen LogP contribution in [0.4, 0.5) is 0 Å². The second-order valence-electron chi connectivity index (χ2n) is 5.02. The van der Waals surface area contributed by atoms with Crippen LogP contribution in [-0.2, 0) is 20.7 Å². The van der Waals surface area contributed by atoms with Crippen LogP contribution in [0.1, 0.15) is 31.7 Å². The summed E-state index contributed by atoms with van der Waals surface area (Å²) in [5, 5.41) is 11.2. The predicted molar refractivity (Wildman–Crippen MR) is 80.1 cm³/mol. The number of carbonyl (C=O) groups excluding carboxylic acids is 1. The molecule has 21 heavy (non-hydrogen) atoms. The third-order valence-electron chi connectivity index (χ3n) is 2.96. The van der Waals surface area contributed by atoms with Gasteiger partial charge in [-0.1, -0.05) is 30.3 Å². The minimum absolute atomic E-state index is 0.0562. The number of benzene rings is 1. The molecule has 116 valence electrons. The predicted octanol–water partition coefficient (Wildman–Crippen LogP) is 2.01. The molecule has 0 radical (unpaired) electrons. The maximum absolute atomic E-state index is 11.5. The Hall–Kier alpha value is -1.88. The number of carbonyl (C=O) groups is 2. The lowest BCUT2D eigenvalue weighted by Gasteiger charge is -2.11. The Morgan fingerprint density at radius 3 is 2.62 bits per heavy atom. The highest BCUT2D eigenvalue weighted by atomic mass is 16.5. The number of amides is 1. The summed E-state index contributed by atoms with van der Waals surface area (Å²) in [6.45, 7) is 2.86. The van der Waals surface area contributed by atoms with Crippen molar-refractivity contribution in [3.05, 3.63) is 35.9 Å². The number of rotatable bonds is 10. The fraction of sp³-hybridized carbons (Fsp3) is 0.500. The van der Waals surface area contributed by atoms with E-state index >= 15 is 0 Å². The molecule has 2 N–H and O–H groups in total. The fourth-order valence-electron chi connectivity index (χ4n) is 1.93. The Morgan fingerprint density at radius 2 is 1.95 bits per heavy atom. The van der Waals surface area contributed by atoms with Crippen molar-refractivity contribution in [3.63, 3.8) is 0 Å². The molecule has 1 aromatic carbocycles. The molecule has 0 aromatic heterocycles. The van der Waals surface area contributed by atoms with E-state index in [1.54, 1.807) is 6.92 Å². The summed E-state index contributed by atoms with van der Waals surface area (Å²) in [6.07, 6.45) is 1.80. The van der Waals surface area contributed by atoms with E-state index < -0.39 is 5.97 Å². The Labute approximate surface area is 125 Å². The summed E-state index contributed by atoms with van der Waals surface area (Å²) in [4.78, 5) is 22.0. The molecule has 0 bridgehead atoms. The van der Waals surface area contributed by atoms with E-state index in [-0.39, 0.29) is 18.4 Å². The third-order valence-corrected chi connectivity index (χ3v) is 2.96. The van der Waals surface area contributed by atoms with Crippen molar-refractivity contribution in [2.45, 2.75) is 38.6 Å². The van der Waals surface area contributed by atoms with E-state index in [1.807, 2.05) is 18.2 Å². The molecule has 0 aliphatic rings. The molecule has 1 amide bonds. The first-order valence-electron chi connectivity index (χ1n) is 7.20. The van der Waals surface area contributed by atoms with Crippen LogP contribution >= 0.6 is 0 Å².